The number of hydrogen-bond donors (Lipinski definition) is 0. The van der Waals surface area contributed by atoms with Gasteiger partial charge in [-0.2, -0.15) is 0 Å². The van der Waals surface area contributed by atoms with Gasteiger partial charge in [-0.05, 0) is 42.7 Å². The van der Waals surface area contributed by atoms with Crippen molar-refractivity contribution in [3.05, 3.63) is 70.1 Å². The lowest BCUT2D eigenvalue weighted by molar-refractivity contribution is 0.299. The van der Waals surface area contributed by atoms with Crippen LogP contribution in [-0.4, -0.2) is 4.98 Å². The maximum absolute atomic E-state index is 11.8. The Morgan fingerprint density at radius 3 is 2.74 bits per heavy atom. The van der Waals surface area contributed by atoms with E-state index in [1.54, 1.807) is 30.5 Å². The molecule has 0 aliphatic heterocycles. The number of furan rings is 1. The van der Waals surface area contributed by atoms with Crippen molar-refractivity contribution in [2.75, 3.05) is 0 Å². The fraction of sp³-hybridized carbons (Fsp3) is 0.238. The highest BCUT2D eigenvalue weighted by atomic mass is 16.5. The number of fused-ring (bicyclic) bond motifs is 1. The molecule has 0 aliphatic rings. The third-order valence-corrected chi connectivity index (χ3v) is 4.37. The summed E-state index contributed by atoms with van der Waals surface area (Å²) in [4.78, 5) is 16.2. The zero-order chi connectivity index (χ0) is 19.0. The van der Waals surface area contributed by atoms with Gasteiger partial charge in [-0.1, -0.05) is 13.8 Å². The SMILES string of the molecule is Cc1oc(-c2ccco2)nc1COc1ccc2c(C(C)C)cc(=O)oc2c1. The molecule has 4 aromatic rings. The Balaban J connectivity index is 1.59. The molecule has 0 atom stereocenters. The molecule has 0 aliphatic carbocycles. The Hall–Kier alpha value is -3.28. The number of aromatic nitrogens is 1. The largest absolute Gasteiger partial charge is 0.487 e. The number of aryl methyl sites for hydroxylation is 1. The minimum absolute atomic E-state index is 0.223. The summed E-state index contributed by atoms with van der Waals surface area (Å²) in [5.74, 6) is 2.46. The third-order valence-electron chi connectivity index (χ3n) is 4.37. The number of oxazole rings is 1. The average molecular weight is 365 g/mol. The number of nitrogens with zero attached hydrogens (tertiary/aromatic N) is 1. The fourth-order valence-electron chi connectivity index (χ4n) is 2.95. The lowest BCUT2D eigenvalue weighted by Crippen LogP contribution is -2.02. The van der Waals surface area contributed by atoms with E-state index in [4.69, 9.17) is 18.0 Å². The molecule has 138 valence electrons. The number of rotatable bonds is 5. The zero-order valence-electron chi connectivity index (χ0n) is 15.3. The van der Waals surface area contributed by atoms with Gasteiger partial charge in [0.25, 0.3) is 5.89 Å². The van der Waals surface area contributed by atoms with E-state index in [2.05, 4.69) is 4.98 Å². The molecule has 0 spiro atoms. The lowest BCUT2D eigenvalue weighted by Gasteiger charge is -2.10. The second-order valence-corrected chi connectivity index (χ2v) is 6.62. The summed E-state index contributed by atoms with van der Waals surface area (Å²) in [6.45, 7) is 6.15. The van der Waals surface area contributed by atoms with E-state index in [9.17, 15) is 4.79 Å². The molecular weight excluding hydrogens is 346 g/mol. The van der Waals surface area contributed by atoms with E-state index in [1.807, 2.05) is 32.9 Å². The summed E-state index contributed by atoms with van der Waals surface area (Å²) in [5, 5.41) is 0.912. The smallest absolute Gasteiger partial charge is 0.336 e. The molecule has 3 heterocycles. The second kappa shape index (κ2) is 6.79. The van der Waals surface area contributed by atoms with Crippen molar-refractivity contribution in [1.29, 1.82) is 0 Å². The van der Waals surface area contributed by atoms with Crippen LogP contribution >= 0.6 is 0 Å². The van der Waals surface area contributed by atoms with E-state index < -0.39 is 0 Å². The molecule has 0 saturated heterocycles. The highest BCUT2D eigenvalue weighted by molar-refractivity contribution is 5.82. The molecule has 0 N–H and O–H groups in total. The topological polar surface area (TPSA) is 78.6 Å². The Kier molecular flexibility index (Phi) is 4.32. The molecule has 0 bridgehead atoms. The van der Waals surface area contributed by atoms with Gasteiger partial charge in [0.2, 0.25) is 0 Å². The standard InChI is InChI=1S/C21H19NO5/c1-12(2)16-10-20(23)27-19-9-14(6-7-15(16)19)25-11-17-13(3)26-21(22-17)18-5-4-8-24-18/h4-10,12H,11H2,1-3H3. The number of hydrogen-bond acceptors (Lipinski definition) is 6. The number of ether oxygens (including phenoxy) is 1. The predicted molar refractivity (Wildman–Crippen MR) is 99.8 cm³/mol. The normalized spacial score (nSPS) is 11.4. The first kappa shape index (κ1) is 17.1. The molecule has 6 heteroatoms. The summed E-state index contributed by atoms with van der Waals surface area (Å²) in [6, 6.07) is 10.6. The Bertz CT molecular complexity index is 1140. The summed E-state index contributed by atoms with van der Waals surface area (Å²) in [6.07, 6.45) is 1.57. The van der Waals surface area contributed by atoms with Crippen LogP contribution in [0.25, 0.3) is 22.6 Å². The molecule has 0 unspecified atom stereocenters. The van der Waals surface area contributed by atoms with Crippen molar-refractivity contribution < 1.29 is 18.0 Å². The van der Waals surface area contributed by atoms with Crippen LogP contribution in [0.1, 0.15) is 36.8 Å². The summed E-state index contributed by atoms with van der Waals surface area (Å²) < 4.78 is 22.1. The molecule has 6 nitrogen and oxygen atoms in total. The molecule has 27 heavy (non-hydrogen) atoms. The van der Waals surface area contributed by atoms with Crippen molar-refractivity contribution in [2.45, 2.75) is 33.3 Å². The molecule has 0 fully saturated rings. The second-order valence-electron chi connectivity index (χ2n) is 6.62. The van der Waals surface area contributed by atoms with E-state index in [-0.39, 0.29) is 18.2 Å². The van der Waals surface area contributed by atoms with Gasteiger partial charge in [-0.25, -0.2) is 9.78 Å². The van der Waals surface area contributed by atoms with Gasteiger partial charge in [0.15, 0.2) is 5.76 Å². The van der Waals surface area contributed by atoms with E-state index >= 15 is 0 Å². The Morgan fingerprint density at radius 1 is 1.15 bits per heavy atom. The summed E-state index contributed by atoms with van der Waals surface area (Å²) >= 11 is 0. The molecule has 0 radical (unpaired) electrons. The maximum Gasteiger partial charge on any atom is 0.336 e. The Morgan fingerprint density at radius 2 is 2.00 bits per heavy atom. The Labute approximate surface area is 155 Å². The molecule has 3 aromatic heterocycles. The van der Waals surface area contributed by atoms with E-state index in [0.29, 0.717) is 34.4 Å². The van der Waals surface area contributed by atoms with Crippen LogP contribution < -0.4 is 10.4 Å². The first-order valence-corrected chi connectivity index (χ1v) is 8.72. The zero-order valence-corrected chi connectivity index (χ0v) is 15.3. The molecular formula is C21H19NO5. The van der Waals surface area contributed by atoms with E-state index in [1.165, 1.54) is 0 Å². The van der Waals surface area contributed by atoms with Gasteiger partial charge in [-0.15, -0.1) is 0 Å². The van der Waals surface area contributed by atoms with Crippen molar-refractivity contribution in [1.82, 2.24) is 4.98 Å². The predicted octanol–water partition coefficient (Wildman–Crippen LogP) is 5.05. The van der Waals surface area contributed by atoms with Gasteiger partial charge in [-0.3, -0.25) is 0 Å². The number of benzene rings is 1. The van der Waals surface area contributed by atoms with Crippen LogP contribution in [0.15, 0.2) is 60.7 Å². The summed E-state index contributed by atoms with van der Waals surface area (Å²) in [5.41, 5.74) is 1.79. The fourth-order valence-corrected chi connectivity index (χ4v) is 2.95. The van der Waals surface area contributed by atoms with Gasteiger partial charge in [0.05, 0.1) is 6.26 Å². The van der Waals surface area contributed by atoms with Gasteiger partial charge in [0.1, 0.15) is 29.4 Å². The van der Waals surface area contributed by atoms with Crippen molar-refractivity contribution >= 4 is 11.0 Å². The lowest BCUT2D eigenvalue weighted by atomic mass is 10.00. The van der Waals surface area contributed by atoms with Gasteiger partial charge < -0.3 is 18.0 Å². The highest BCUT2D eigenvalue weighted by Gasteiger charge is 2.15. The molecule has 0 amide bonds. The van der Waals surface area contributed by atoms with Gasteiger partial charge in [0, 0.05) is 17.5 Å². The van der Waals surface area contributed by atoms with Crippen LogP contribution in [0, 0.1) is 6.92 Å². The average Bonchev–Trinajstić information content (AvgIpc) is 3.28. The van der Waals surface area contributed by atoms with Crippen molar-refractivity contribution in [2.24, 2.45) is 0 Å². The maximum atomic E-state index is 11.8. The minimum Gasteiger partial charge on any atom is -0.487 e. The highest BCUT2D eigenvalue weighted by Crippen LogP contribution is 2.28. The minimum atomic E-state index is -0.362. The van der Waals surface area contributed by atoms with Crippen LogP contribution in [0.2, 0.25) is 0 Å². The van der Waals surface area contributed by atoms with Crippen molar-refractivity contribution in [3.63, 3.8) is 0 Å². The molecule has 4 rings (SSSR count). The van der Waals surface area contributed by atoms with Crippen LogP contribution in [0.5, 0.6) is 5.75 Å². The third kappa shape index (κ3) is 3.38. The van der Waals surface area contributed by atoms with Crippen LogP contribution in [-0.2, 0) is 6.61 Å². The summed E-state index contributed by atoms with van der Waals surface area (Å²) in [7, 11) is 0. The van der Waals surface area contributed by atoms with Crippen LogP contribution in [0.3, 0.4) is 0 Å². The van der Waals surface area contributed by atoms with Gasteiger partial charge >= 0.3 is 5.63 Å². The van der Waals surface area contributed by atoms with Crippen LogP contribution in [0.4, 0.5) is 0 Å². The molecule has 1 aromatic carbocycles. The monoisotopic (exact) mass is 365 g/mol. The molecule has 0 saturated carbocycles. The van der Waals surface area contributed by atoms with E-state index in [0.717, 1.165) is 10.9 Å². The van der Waals surface area contributed by atoms with Crippen molar-refractivity contribution in [3.8, 4) is 17.4 Å². The first-order chi connectivity index (χ1) is 13.0. The quantitative estimate of drug-likeness (QED) is 0.460. The first-order valence-electron chi connectivity index (χ1n) is 8.72.